The highest BCUT2D eigenvalue weighted by atomic mass is 16.6. The standard InChI is InChI=1S/C11H13NO2/c1-6-7-3-8-10(6,2)9(13)14-11(8,4-7)5-12/h6-8H,3-4H2,1-2H3. The van der Waals surface area contributed by atoms with E-state index in [-0.39, 0.29) is 17.3 Å². The Kier molecular flexibility index (Phi) is 1.17. The summed E-state index contributed by atoms with van der Waals surface area (Å²) < 4.78 is 5.35. The number of carbonyl (C=O) groups excluding carboxylic acids is 1. The summed E-state index contributed by atoms with van der Waals surface area (Å²) >= 11 is 0. The van der Waals surface area contributed by atoms with Gasteiger partial charge in [0.15, 0.2) is 0 Å². The van der Waals surface area contributed by atoms with Crippen molar-refractivity contribution < 1.29 is 9.53 Å². The molecule has 3 nitrogen and oxygen atoms in total. The minimum Gasteiger partial charge on any atom is -0.443 e. The lowest BCUT2D eigenvalue weighted by Gasteiger charge is -2.32. The topological polar surface area (TPSA) is 50.1 Å². The molecule has 0 amide bonds. The largest absolute Gasteiger partial charge is 0.443 e. The fraction of sp³-hybridized carbons (Fsp3) is 0.818. The van der Waals surface area contributed by atoms with Gasteiger partial charge in [0.2, 0.25) is 5.60 Å². The van der Waals surface area contributed by atoms with Crippen LogP contribution in [0.5, 0.6) is 0 Å². The first-order valence-electron chi connectivity index (χ1n) is 5.19. The Bertz CT molecular complexity index is 372. The van der Waals surface area contributed by atoms with E-state index in [0.29, 0.717) is 11.8 Å². The van der Waals surface area contributed by atoms with Gasteiger partial charge in [0.05, 0.1) is 5.41 Å². The van der Waals surface area contributed by atoms with Crippen LogP contribution in [0.25, 0.3) is 0 Å². The van der Waals surface area contributed by atoms with Crippen molar-refractivity contribution in [3.05, 3.63) is 0 Å². The summed E-state index contributed by atoms with van der Waals surface area (Å²) in [6.45, 7) is 4.10. The molecule has 0 radical (unpaired) electrons. The number of nitriles is 1. The maximum atomic E-state index is 11.8. The Labute approximate surface area is 83.0 Å². The van der Waals surface area contributed by atoms with Gasteiger partial charge in [0.25, 0.3) is 0 Å². The molecule has 1 heterocycles. The van der Waals surface area contributed by atoms with E-state index >= 15 is 0 Å². The number of carbonyl (C=O) groups is 1. The normalized spacial score (nSPS) is 58.6. The molecule has 0 aromatic heterocycles. The second kappa shape index (κ2) is 1.98. The summed E-state index contributed by atoms with van der Waals surface area (Å²) in [7, 11) is 0. The van der Waals surface area contributed by atoms with Crippen LogP contribution < -0.4 is 0 Å². The van der Waals surface area contributed by atoms with E-state index in [9.17, 15) is 4.79 Å². The first-order chi connectivity index (χ1) is 6.54. The van der Waals surface area contributed by atoms with Gasteiger partial charge in [0.1, 0.15) is 6.07 Å². The molecule has 3 rings (SSSR count). The Morgan fingerprint density at radius 2 is 2.36 bits per heavy atom. The third kappa shape index (κ3) is 0.563. The highest BCUT2D eigenvalue weighted by Crippen LogP contribution is 2.68. The van der Waals surface area contributed by atoms with Crippen LogP contribution in [0.3, 0.4) is 0 Å². The predicted molar refractivity (Wildman–Crippen MR) is 47.9 cm³/mol. The molecule has 1 aliphatic heterocycles. The molecule has 74 valence electrons. The number of nitrogens with zero attached hydrogens (tertiary/aromatic N) is 1. The first kappa shape index (κ1) is 8.28. The number of hydrogen-bond donors (Lipinski definition) is 0. The molecule has 2 bridgehead atoms. The molecule has 0 spiro atoms. The van der Waals surface area contributed by atoms with E-state index in [1.165, 1.54) is 0 Å². The molecule has 1 saturated heterocycles. The van der Waals surface area contributed by atoms with E-state index in [1.807, 2.05) is 6.92 Å². The highest BCUT2D eigenvalue weighted by molar-refractivity contribution is 5.82. The SMILES string of the molecule is CC1C2CC3C(C#N)(C2)OC(=O)C13C. The van der Waals surface area contributed by atoms with Crippen LogP contribution in [0, 0.1) is 34.5 Å². The van der Waals surface area contributed by atoms with Crippen molar-refractivity contribution in [2.24, 2.45) is 23.2 Å². The highest BCUT2D eigenvalue weighted by Gasteiger charge is 2.75. The van der Waals surface area contributed by atoms with Crippen LogP contribution >= 0.6 is 0 Å². The Balaban J connectivity index is 2.18. The van der Waals surface area contributed by atoms with Crippen molar-refractivity contribution in [1.82, 2.24) is 0 Å². The van der Waals surface area contributed by atoms with E-state index in [1.54, 1.807) is 0 Å². The lowest BCUT2D eigenvalue weighted by Crippen LogP contribution is -2.40. The molecule has 3 heteroatoms. The number of fused-ring (bicyclic) bond motifs is 1. The molecular formula is C11H13NO2. The second-order valence-electron chi connectivity index (χ2n) is 5.21. The van der Waals surface area contributed by atoms with Crippen molar-refractivity contribution in [3.63, 3.8) is 0 Å². The number of ether oxygens (including phenoxy) is 1. The van der Waals surface area contributed by atoms with Crippen LogP contribution in [0.4, 0.5) is 0 Å². The Hall–Kier alpha value is -1.04. The molecule has 5 atom stereocenters. The van der Waals surface area contributed by atoms with Crippen LogP contribution in [0.1, 0.15) is 26.7 Å². The lowest BCUT2D eigenvalue weighted by molar-refractivity contribution is -0.150. The van der Waals surface area contributed by atoms with E-state index in [4.69, 9.17) is 10.00 Å². The second-order valence-corrected chi connectivity index (χ2v) is 5.21. The maximum Gasteiger partial charge on any atom is 0.314 e. The number of esters is 1. The molecule has 0 N–H and O–H groups in total. The van der Waals surface area contributed by atoms with Gasteiger partial charge in [0, 0.05) is 12.3 Å². The summed E-state index contributed by atoms with van der Waals surface area (Å²) in [5.41, 5.74) is -1.14. The van der Waals surface area contributed by atoms with Crippen molar-refractivity contribution >= 4 is 5.97 Å². The van der Waals surface area contributed by atoms with Gasteiger partial charge in [-0.3, -0.25) is 4.79 Å². The molecule has 2 aliphatic carbocycles. The quantitative estimate of drug-likeness (QED) is 0.545. The molecule has 2 saturated carbocycles. The lowest BCUT2D eigenvalue weighted by atomic mass is 9.65. The first-order valence-corrected chi connectivity index (χ1v) is 5.19. The maximum absolute atomic E-state index is 11.8. The van der Waals surface area contributed by atoms with Gasteiger partial charge in [-0.2, -0.15) is 5.26 Å². The van der Waals surface area contributed by atoms with E-state index in [2.05, 4.69) is 13.0 Å². The van der Waals surface area contributed by atoms with Crippen molar-refractivity contribution in [2.45, 2.75) is 32.3 Å². The summed E-state index contributed by atoms with van der Waals surface area (Å²) in [6, 6.07) is 2.23. The van der Waals surface area contributed by atoms with Crippen molar-refractivity contribution in [1.29, 1.82) is 5.26 Å². The zero-order valence-electron chi connectivity index (χ0n) is 8.41. The van der Waals surface area contributed by atoms with E-state index < -0.39 is 5.60 Å². The Morgan fingerprint density at radius 3 is 2.93 bits per heavy atom. The number of rotatable bonds is 0. The smallest absolute Gasteiger partial charge is 0.314 e. The van der Waals surface area contributed by atoms with Gasteiger partial charge in [-0.1, -0.05) is 6.92 Å². The van der Waals surface area contributed by atoms with Crippen LogP contribution in [-0.4, -0.2) is 11.6 Å². The Morgan fingerprint density at radius 1 is 1.64 bits per heavy atom. The van der Waals surface area contributed by atoms with Crippen molar-refractivity contribution in [3.8, 4) is 6.07 Å². The molecular weight excluding hydrogens is 178 g/mol. The molecule has 14 heavy (non-hydrogen) atoms. The van der Waals surface area contributed by atoms with Gasteiger partial charge in [-0.15, -0.1) is 0 Å². The summed E-state index contributed by atoms with van der Waals surface area (Å²) in [5.74, 6) is 0.893. The van der Waals surface area contributed by atoms with Crippen LogP contribution in [-0.2, 0) is 9.53 Å². The molecule has 0 aromatic rings. The van der Waals surface area contributed by atoms with Gasteiger partial charge < -0.3 is 4.74 Å². The molecule has 0 aromatic carbocycles. The van der Waals surface area contributed by atoms with Crippen LogP contribution in [0.2, 0.25) is 0 Å². The minimum absolute atomic E-state index is 0.142. The number of hydrogen-bond acceptors (Lipinski definition) is 3. The summed E-state index contributed by atoms with van der Waals surface area (Å²) in [6.07, 6.45) is 1.76. The zero-order valence-corrected chi connectivity index (χ0v) is 8.41. The third-order valence-corrected chi connectivity index (χ3v) is 4.95. The fourth-order valence-electron chi connectivity index (χ4n) is 3.89. The van der Waals surface area contributed by atoms with Crippen molar-refractivity contribution in [2.75, 3.05) is 0 Å². The molecule has 3 fully saturated rings. The minimum atomic E-state index is -0.761. The van der Waals surface area contributed by atoms with Gasteiger partial charge >= 0.3 is 5.97 Å². The third-order valence-electron chi connectivity index (χ3n) is 4.95. The monoisotopic (exact) mass is 191 g/mol. The molecule has 5 unspecified atom stereocenters. The summed E-state index contributed by atoms with van der Waals surface area (Å²) in [5, 5.41) is 9.16. The van der Waals surface area contributed by atoms with E-state index in [0.717, 1.165) is 12.8 Å². The van der Waals surface area contributed by atoms with Crippen LogP contribution in [0.15, 0.2) is 0 Å². The van der Waals surface area contributed by atoms with Gasteiger partial charge in [-0.25, -0.2) is 0 Å². The van der Waals surface area contributed by atoms with Gasteiger partial charge in [-0.05, 0) is 25.2 Å². The summed E-state index contributed by atoms with van der Waals surface area (Å²) in [4.78, 5) is 11.8. The fourth-order valence-corrected chi connectivity index (χ4v) is 3.89. The average Bonchev–Trinajstić information content (AvgIpc) is 2.69. The predicted octanol–water partition coefficient (Wildman–Crippen LogP) is 1.49. The average molecular weight is 191 g/mol. The molecule has 3 aliphatic rings. The zero-order chi connectivity index (χ0) is 10.1.